The van der Waals surface area contributed by atoms with Crippen LogP contribution in [0.1, 0.15) is 0 Å². The third kappa shape index (κ3) is 5.42. The summed E-state index contributed by atoms with van der Waals surface area (Å²) < 4.78 is 2.40. The minimum atomic E-state index is 1.12. The number of rotatable bonds is 6. The molecule has 0 amide bonds. The molecule has 0 unspecified atom stereocenters. The van der Waals surface area contributed by atoms with Crippen molar-refractivity contribution in [2.24, 2.45) is 0 Å². The largest absolute Gasteiger partial charge is 0.310 e. The summed E-state index contributed by atoms with van der Waals surface area (Å²) in [6, 6.07) is 79.5. The van der Waals surface area contributed by atoms with Crippen molar-refractivity contribution in [2.75, 3.05) is 4.90 Å². The van der Waals surface area contributed by atoms with E-state index in [1.54, 1.807) is 0 Å². The van der Waals surface area contributed by atoms with Gasteiger partial charge in [0.05, 0.1) is 11.0 Å². The minimum Gasteiger partial charge on any atom is -0.310 e. The Bertz CT molecular complexity index is 3220. The lowest BCUT2D eigenvalue weighted by molar-refractivity contribution is 1.18. The van der Waals surface area contributed by atoms with Crippen LogP contribution in [0, 0.1) is 0 Å². The van der Waals surface area contributed by atoms with Gasteiger partial charge in [-0.3, -0.25) is 0 Å². The van der Waals surface area contributed by atoms with Crippen molar-refractivity contribution >= 4 is 71.2 Å². The maximum Gasteiger partial charge on any atom is 0.0547 e. The molecule has 0 N–H and O–H groups in total. The number of hydrogen-bond acceptors (Lipinski definition) is 1. The second kappa shape index (κ2) is 13.2. The van der Waals surface area contributed by atoms with Gasteiger partial charge >= 0.3 is 0 Å². The quantitative estimate of drug-likeness (QED) is 0.167. The molecule has 11 rings (SSSR count). The van der Waals surface area contributed by atoms with Crippen molar-refractivity contribution in [3.05, 3.63) is 218 Å². The number of anilines is 3. The average molecular weight is 713 g/mol. The molecule has 0 aliphatic heterocycles. The van der Waals surface area contributed by atoms with Crippen LogP contribution in [0.5, 0.6) is 0 Å². The van der Waals surface area contributed by atoms with Crippen molar-refractivity contribution in [3.8, 4) is 27.9 Å². The molecule has 0 atom stereocenters. The van der Waals surface area contributed by atoms with Crippen LogP contribution >= 0.6 is 0 Å². The summed E-state index contributed by atoms with van der Waals surface area (Å²) in [6.45, 7) is 0. The van der Waals surface area contributed by atoms with Crippen LogP contribution in [0.25, 0.3) is 82.1 Å². The molecule has 262 valence electrons. The van der Waals surface area contributed by atoms with E-state index in [0.29, 0.717) is 0 Å². The molecule has 1 aromatic heterocycles. The zero-order valence-corrected chi connectivity index (χ0v) is 30.7. The zero-order valence-electron chi connectivity index (χ0n) is 30.7. The molecule has 0 radical (unpaired) electrons. The van der Waals surface area contributed by atoms with Crippen molar-refractivity contribution in [2.45, 2.75) is 0 Å². The Kier molecular flexibility index (Phi) is 7.53. The molecule has 56 heavy (non-hydrogen) atoms. The van der Waals surface area contributed by atoms with E-state index < -0.39 is 0 Å². The third-order valence-electron chi connectivity index (χ3n) is 11.3. The fourth-order valence-corrected chi connectivity index (χ4v) is 8.58. The number of fused-ring (bicyclic) bond motifs is 6. The van der Waals surface area contributed by atoms with Gasteiger partial charge in [-0.2, -0.15) is 0 Å². The Morgan fingerprint density at radius 1 is 0.286 bits per heavy atom. The molecular weight excluding hydrogens is 677 g/mol. The molecule has 10 aromatic carbocycles. The standard InChI is InChI=1S/C54H36N2/c1-2-15-45(16-3-1)55(46-30-26-40(27-31-46)50-19-10-14-39-11-6-7-17-49(39)50)48-32-25-38-21-22-43(33-44(38)34-48)37-23-28-47(29-24-37)56-53-20-9-8-18-51(53)52-35-41-12-4-5-13-42(41)36-54(52)56/h1-36H. The van der Waals surface area contributed by atoms with Crippen molar-refractivity contribution in [3.63, 3.8) is 0 Å². The summed E-state index contributed by atoms with van der Waals surface area (Å²) in [5.74, 6) is 0. The highest BCUT2D eigenvalue weighted by Crippen LogP contribution is 2.39. The lowest BCUT2D eigenvalue weighted by Gasteiger charge is -2.26. The summed E-state index contributed by atoms with van der Waals surface area (Å²) in [6.07, 6.45) is 0. The van der Waals surface area contributed by atoms with E-state index in [2.05, 4.69) is 228 Å². The molecule has 0 saturated carbocycles. The first-order valence-corrected chi connectivity index (χ1v) is 19.3. The Labute approximate surface area is 325 Å². The van der Waals surface area contributed by atoms with Gasteiger partial charge in [0.25, 0.3) is 0 Å². The van der Waals surface area contributed by atoms with E-state index in [0.717, 1.165) is 22.7 Å². The first-order valence-electron chi connectivity index (χ1n) is 19.3. The molecule has 2 heteroatoms. The normalized spacial score (nSPS) is 11.6. The molecule has 1 heterocycles. The van der Waals surface area contributed by atoms with Crippen molar-refractivity contribution in [1.29, 1.82) is 0 Å². The SMILES string of the molecule is c1ccc(N(c2ccc(-c3cccc4ccccc34)cc2)c2ccc3ccc(-c4ccc(-n5c6ccccc6c6cc7ccccc7cc65)cc4)cc3c2)cc1. The van der Waals surface area contributed by atoms with Crippen molar-refractivity contribution < 1.29 is 0 Å². The van der Waals surface area contributed by atoms with Gasteiger partial charge < -0.3 is 9.47 Å². The van der Waals surface area contributed by atoms with Crippen LogP contribution in [0.15, 0.2) is 218 Å². The van der Waals surface area contributed by atoms with Gasteiger partial charge in [0, 0.05) is 33.5 Å². The first kappa shape index (κ1) is 32.0. The molecule has 11 aromatic rings. The maximum atomic E-state index is 2.40. The number of hydrogen-bond donors (Lipinski definition) is 0. The van der Waals surface area contributed by atoms with E-state index in [4.69, 9.17) is 0 Å². The number of benzene rings is 10. The third-order valence-corrected chi connectivity index (χ3v) is 11.3. The first-order chi connectivity index (χ1) is 27.7. The Morgan fingerprint density at radius 3 is 1.71 bits per heavy atom. The number of aromatic nitrogens is 1. The Morgan fingerprint density at radius 2 is 0.893 bits per heavy atom. The molecule has 0 fully saturated rings. The number of para-hydroxylation sites is 2. The summed E-state index contributed by atoms with van der Waals surface area (Å²) in [5.41, 5.74) is 11.8. The topological polar surface area (TPSA) is 8.17 Å². The van der Waals surface area contributed by atoms with Crippen LogP contribution in [-0.4, -0.2) is 4.57 Å². The molecule has 0 spiro atoms. The van der Waals surface area contributed by atoms with Crippen LogP contribution in [0.4, 0.5) is 17.1 Å². The Balaban J connectivity index is 0.962. The predicted octanol–water partition coefficient (Wildman–Crippen LogP) is 15.0. The molecule has 0 saturated heterocycles. The molecule has 0 aliphatic rings. The smallest absolute Gasteiger partial charge is 0.0547 e. The van der Waals surface area contributed by atoms with E-state index in [1.807, 2.05) is 0 Å². The van der Waals surface area contributed by atoms with Gasteiger partial charge in [-0.05, 0) is 127 Å². The highest BCUT2D eigenvalue weighted by molar-refractivity contribution is 6.13. The van der Waals surface area contributed by atoms with E-state index in [-0.39, 0.29) is 0 Å². The van der Waals surface area contributed by atoms with E-state index in [9.17, 15) is 0 Å². The lowest BCUT2D eigenvalue weighted by atomic mass is 9.98. The second-order valence-corrected chi connectivity index (χ2v) is 14.6. The minimum absolute atomic E-state index is 1.12. The van der Waals surface area contributed by atoms with Gasteiger partial charge in [-0.25, -0.2) is 0 Å². The summed E-state index contributed by atoms with van der Waals surface area (Å²) in [7, 11) is 0. The van der Waals surface area contributed by atoms with Gasteiger partial charge in [0.2, 0.25) is 0 Å². The van der Waals surface area contributed by atoms with Crippen LogP contribution in [0.2, 0.25) is 0 Å². The predicted molar refractivity (Wildman–Crippen MR) is 239 cm³/mol. The molecular formula is C54H36N2. The Hall–Kier alpha value is -7.42. The summed E-state index contributed by atoms with van der Waals surface area (Å²) in [4.78, 5) is 2.35. The average Bonchev–Trinajstić information content (AvgIpc) is 3.59. The molecule has 0 bridgehead atoms. The van der Waals surface area contributed by atoms with E-state index >= 15 is 0 Å². The van der Waals surface area contributed by atoms with E-state index in [1.165, 1.54) is 76.4 Å². The van der Waals surface area contributed by atoms with Gasteiger partial charge in [-0.15, -0.1) is 0 Å². The van der Waals surface area contributed by atoms with Crippen LogP contribution < -0.4 is 4.90 Å². The maximum absolute atomic E-state index is 2.40. The van der Waals surface area contributed by atoms with Gasteiger partial charge in [0.1, 0.15) is 0 Å². The highest BCUT2D eigenvalue weighted by Gasteiger charge is 2.16. The fraction of sp³-hybridized carbons (Fsp3) is 0. The molecule has 0 aliphatic carbocycles. The highest BCUT2D eigenvalue weighted by atomic mass is 15.1. The monoisotopic (exact) mass is 712 g/mol. The molecule has 2 nitrogen and oxygen atoms in total. The second-order valence-electron chi connectivity index (χ2n) is 14.6. The lowest BCUT2D eigenvalue weighted by Crippen LogP contribution is -2.09. The van der Waals surface area contributed by atoms with Gasteiger partial charge in [0.15, 0.2) is 0 Å². The van der Waals surface area contributed by atoms with Crippen molar-refractivity contribution in [1.82, 2.24) is 4.57 Å². The number of nitrogens with zero attached hydrogens (tertiary/aromatic N) is 2. The fourth-order valence-electron chi connectivity index (χ4n) is 8.58. The van der Waals surface area contributed by atoms with Crippen LogP contribution in [-0.2, 0) is 0 Å². The van der Waals surface area contributed by atoms with Crippen LogP contribution in [0.3, 0.4) is 0 Å². The zero-order chi connectivity index (χ0) is 37.0. The van der Waals surface area contributed by atoms with Gasteiger partial charge in [-0.1, -0.05) is 146 Å². The summed E-state index contributed by atoms with van der Waals surface area (Å²) in [5, 5.41) is 10.00. The summed E-state index contributed by atoms with van der Waals surface area (Å²) >= 11 is 0.